The van der Waals surface area contributed by atoms with Gasteiger partial charge in [-0.05, 0) is 19.8 Å². The molecule has 0 aromatic carbocycles. The predicted molar refractivity (Wildman–Crippen MR) is 62.8 cm³/mol. The van der Waals surface area contributed by atoms with Crippen molar-refractivity contribution in [3.63, 3.8) is 0 Å². The molecule has 2 atom stereocenters. The number of hydrogen-bond acceptors (Lipinski definition) is 3. The predicted octanol–water partition coefficient (Wildman–Crippen LogP) is 0.805. The number of carbonyl (C=O) groups is 1. The van der Waals surface area contributed by atoms with Gasteiger partial charge in [0.25, 0.3) is 0 Å². The maximum absolute atomic E-state index is 11.7. The molecule has 1 aliphatic rings. The van der Waals surface area contributed by atoms with Crippen molar-refractivity contribution in [2.45, 2.75) is 30.6 Å². The van der Waals surface area contributed by atoms with Gasteiger partial charge in [-0.25, -0.2) is 8.42 Å². The van der Waals surface area contributed by atoms with Gasteiger partial charge >= 0.3 is 0 Å². The Hall–Kier alpha value is -0.100. The molecule has 1 aliphatic heterocycles. The molecule has 2 unspecified atom stereocenters. The fraction of sp³-hybridized carbons (Fsp3) is 0.889. The quantitative estimate of drug-likeness (QED) is 0.709. The highest BCUT2D eigenvalue weighted by molar-refractivity contribution is 9.09. The molecule has 88 valence electrons. The molecule has 4 nitrogen and oxygen atoms in total. The number of likely N-dealkylation sites (tertiary alicyclic amines) is 1. The average molecular weight is 298 g/mol. The monoisotopic (exact) mass is 297 g/mol. The Labute approximate surface area is 99.1 Å². The van der Waals surface area contributed by atoms with Gasteiger partial charge in [-0.1, -0.05) is 15.9 Å². The van der Waals surface area contributed by atoms with E-state index >= 15 is 0 Å². The summed E-state index contributed by atoms with van der Waals surface area (Å²) in [6, 6.07) is 0.0769. The second-order valence-electron chi connectivity index (χ2n) is 4.06. The lowest BCUT2D eigenvalue weighted by molar-refractivity contribution is -0.131. The first-order valence-electron chi connectivity index (χ1n) is 4.92. The zero-order valence-electron chi connectivity index (χ0n) is 8.94. The Morgan fingerprint density at radius 1 is 1.53 bits per heavy atom. The van der Waals surface area contributed by atoms with E-state index in [1.807, 2.05) is 6.92 Å². The van der Waals surface area contributed by atoms with Crippen molar-refractivity contribution in [2.24, 2.45) is 0 Å². The fourth-order valence-corrected chi connectivity index (χ4v) is 2.98. The maximum atomic E-state index is 11.7. The summed E-state index contributed by atoms with van der Waals surface area (Å²) in [6.45, 7) is 2.61. The minimum absolute atomic E-state index is 0.0769. The Morgan fingerprint density at radius 3 is 2.67 bits per heavy atom. The number of alkyl halides is 1. The molecule has 1 heterocycles. The summed E-state index contributed by atoms with van der Waals surface area (Å²) in [5, 5.41) is 0. The topological polar surface area (TPSA) is 54.5 Å². The molecule has 1 amide bonds. The third kappa shape index (κ3) is 3.75. The third-order valence-electron chi connectivity index (χ3n) is 2.60. The van der Waals surface area contributed by atoms with Crippen LogP contribution in [0, 0.1) is 0 Å². The summed E-state index contributed by atoms with van der Waals surface area (Å²) in [7, 11) is -3.22. The highest BCUT2D eigenvalue weighted by Gasteiger charge is 2.30. The lowest BCUT2D eigenvalue weighted by Gasteiger charge is -2.36. The van der Waals surface area contributed by atoms with Gasteiger partial charge < -0.3 is 4.90 Å². The van der Waals surface area contributed by atoms with Crippen LogP contribution in [0.2, 0.25) is 0 Å². The SMILES string of the molecule is CC1C(Br)CCCN1C(=O)CS(C)(=O)=O. The Morgan fingerprint density at radius 2 is 2.13 bits per heavy atom. The Balaban J connectivity index is 2.67. The number of carbonyl (C=O) groups excluding carboxylic acids is 1. The van der Waals surface area contributed by atoms with Crippen LogP contribution in [0.15, 0.2) is 0 Å². The molecule has 6 heteroatoms. The maximum Gasteiger partial charge on any atom is 0.238 e. The van der Waals surface area contributed by atoms with E-state index < -0.39 is 9.84 Å². The summed E-state index contributed by atoms with van der Waals surface area (Å²) in [4.78, 5) is 13.6. The lowest BCUT2D eigenvalue weighted by Crippen LogP contribution is -2.49. The number of nitrogens with zero attached hydrogens (tertiary/aromatic N) is 1. The van der Waals surface area contributed by atoms with Crippen molar-refractivity contribution in [3.05, 3.63) is 0 Å². The van der Waals surface area contributed by atoms with E-state index in [0.717, 1.165) is 19.1 Å². The van der Waals surface area contributed by atoms with E-state index in [2.05, 4.69) is 15.9 Å². The molecular formula is C9H16BrNO3S. The number of sulfone groups is 1. The van der Waals surface area contributed by atoms with Crippen molar-refractivity contribution >= 4 is 31.7 Å². The molecule has 1 rings (SSSR count). The van der Waals surface area contributed by atoms with Crippen LogP contribution in [0.4, 0.5) is 0 Å². The van der Waals surface area contributed by atoms with Crippen molar-refractivity contribution in [2.75, 3.05) is 18.6 Å². The molecular weight excluding hydrogens is 282 g/mol. The molecule has 0 aliphatic carbocycles. The van der Waals surface area contributed by atoms with Gasteiger partial charge in [0.05, 0.1) is 0 Å². The first-order valence-corrected chi connectivity index (χ1v) is 7.90. The van der Waals surface area contributed by atoms with E-state index in [1.54, 1.807) is 4.90 Å². The second-order valence-corrected chi connectivity index (χ2v) is 7.37. The summed E-state index contributed by atoms with van der Waals surface area (Å²) in [6.07, 6.45) is 3.05. The van der Waals surface area contributed by atoms with Crippen LogP contribution >= 0.6 is 15.9 Å². The zero-order valence-corrected chi connectivity index (χ0v) is 11.3. The van der Waals surface area contributed by atoms with Crippen LogP contribution in [-0.2, 0) is 14.6 Å². The van der Waals surface area contributed by atoms with E-state index in [9.17, 15) is 13.2 Å². The smallest absolute Gasteiger partial charge is 0.238 e. The molecule has 1 saturated heterocycles. The molecule has 0 radical (unpaired) electrons. The van der Waals surface area contributed by atoms with Gasteiger partial charge in [-0.2, -0.15) is 0 Å². The molecule has 0 aromatic heterocycles. The molecule has 0 bridgehead atoms. The number of rotatable bonds is 2. The summed E-state index contributed by atoms with van der Waals surface area (Å²) in [5.41, 5.74) is 0. The largest absolute Gasteiger partial charge is 0.338 e. The molecule has 0 spiro atoms. The number of hydrogen-bond donors (Lipinski definition) is 0. The van der Waals surface area contributed by atoms with E-state index in [4.69, 9.17) is 0 Å². The van der Waals surface area contributed by atoms with Crippen molar-refractivity contribution < 1.29 is 13.2 Å². The standard InChI is InChI=1S/C9H16BrNO3S/c1-7-8(10)4-3-5-11(7)9(12)6-15(2,13)14/h7-8H,3-6H2,1-2H3. The number of amides is 1. The molecule has 1 fully saturated rings. The average Bonchev–Trinajstić information content (AvgIpc) is 2.06. The van der Waals surface area contributed by atoms with E-state index in [1.165, 1.54) is 0 Å². The summed E-state index contributed by atoms with van der Waals surface area (Å²) < 4.78 is 22.0. The molecule has 0 aromatic rings. The van der Waals surface area contributed by atoms with Crippen LogP contribution in [0.3, 0.4) is 0 Å². The van der Waals surface area contributed by atoms with Gasteiger partial charge in [0.15, 0.2) is 9.84 Å². The first-order chi connectivity index (χ1) is 6.81. The van der Waals surface area contributed by atoms with E-state index in [0.29, 0.717) is 6.54 Å². The van der Waals surface area contributed by atoms with Crippen molar-refractivity contribution in [1.29, 1.82) is 0 Å². The van der Waals surface area contributed by atoms with E-state index in [-0.39, 0.29) is 22.5 Å². The summed E-state index contributed by atoms with van der Waals surface area (Å²) >= 11 is 3.50. The first kappa shape index (κ1) is 13.0. The second kappa shape index (κ2) is 4.82. The number of halogens is 1. The minimum atomic E-state index is -3.22. The molecule has 15 heavy (non-hydrogen) atoms. The van der Waals surface area contributed by atoms with Crippen LogP contribution in [0.25, 0.3) is 0 Å². The normalized spacial score (nSPS) is 27.8. The molecule has 0 N–H and O–H groups in total. The Kier molecular flexibility index (Phi) is 4.17. The molecule has 0 saturated carbocycles. The minimum Gasteiger partial charge on any atom is -0.338 e. The van der Waals surface area contributed by atoms with Crippen LogP contribution < -0.4 is 0 Å². The lowest BCUT2D eigenvalue weighted by atomic mass is 10.0. The van der Waals surface area contributed by atoms with Crippen molar-refractivity contribution in [3.8, 4) is 0 Å². The highest BCUT2D eigenvalue weighted by Crippen LogP contribution is 2.23. The Bertz CT molecular complexity index is 341. The van der Waals surface area contributed by atoms with Gasteiger partial charge in [0, 0.05) is 23.7 Å². The fourth-order valence-electron chi connectivity index (χ4n) is 1.76. The highest BCUT2D eigenvalue weighted by atomic mass is 79.9. The van der Waals surface area contributed by atoms with Gasteiger partial charge in [0.2, 0.25) is 5.91 Å². The third-order valence-corrected chi connectivity index (χ3v) is 4.59. The zero-order chi connectivity index (χ0) is 11.6. The summed E-state index contributed by atoms with van der Waals surface area (Å²) in [5.74, 6) is -0.661. The van der Waals surface area contributed by atoms with Gasteiger partial charge in [0.1, 0.15) is 5.75 Å². The van der Waals surface area contributed by atoms with Gasteiger partial charge in [-0.3, -0.25) is 4.79 Å². The van der Waals surface area contributed by atoms with Crippen LogP contribution in [-0.4, -0.2) is 48.6 Å². The van der Waals surface area contributed by atoms with Gasteiger partial charge in [-0.15, -0.1) is 0 Å². The van der Waals surface area contributed by atoms with Crippen LogP contribution in [0.1, 0.15) is 19.8 Å². The van der Waals surface area contributed by atoms with Crippen LogP contribution in [0.5, 0.6) is 0 Å². The van der Waals surface area contributed by atoms with Crippen molar-refractivity contribution in [1.82, 2.24) is 4.90 Å². The number of piperidine rings is 1.